The summed E-state index contributed by atoms with van der Waals surface area (Å²) >= 11 is 0. The van der Waals surface area contributed by atoms with Crippen LogP contribution in [0, 0.1) is 0 Å². The number of pyridine rings is 1. The zero-order valence-corrected chi connectivity index (χ0v) is 15.1. The molecule has 1 fully saturated rings. The lowest BCUT2D eigenvalue weighted by atomic mass is 10.1. The highest BCUT2D eigenvalue weighted by Gasteiger charge is 2.23. The van der Waals surface area contributed by atoms with Gasteiger partial charge < -0.3 is 11.1 Å². The van der Waals surface area contributed by atoms with Crippen molar-refractivity contribution in [1.82, 2.24) is 24.4 Å². The van der Waals surface area contributed by atoms with Gasteiger partial charge in [0.05, 0.1) is 6.20 Å². The number of nitrogens with two attached hydrogens (primary N) is 1. The van der Waals surface area contributed by atoms with Crippen LogP contribution in [0.5, 0.6) is 0 Å². The molecule has 3 aromatic heterocycles. The average molecular weight is 373 g/mol. The van der Waals surface area contributed by atoms with Crippen molar-refractivity contribution in [1.29, 1.82) is 0 Å². The van der Waals surface area contributed by atoms with Crippen LogP contribution < -0.4 is 11.1 Å². The third-order valence-corrected chi connectivity index (χ3v) is 4.85. The monoisotopic (exact) mass is 373 g/mol. The van der Waals surface area contributed by atoms with E-state index in [9.17, 15) is 4.79 Å². The Labute approximate surface area is 161 Å². The Kier molecular flexibility index (Phi) is 3.82. The number of fused-ring (bicyclic) bond motifs is 1. The number of hydrogen-bond donors (Lipinski definition) is 2. The topological polar surface area (TPSA) is 103 Å². The molecule has 140 valence electrons. The number of amides is 1. The predicted octanol–water partition coefficient (Wildman–Crippen LogP) is 2.69. The first kappa shape index (κ1) is 16.5. The minimum Gasteiger partial charge on any atom is -0.366 e. The van der Waals surface area contributed by atoms with Crippen molar-refractivity contribution in [2.75, 3.05) is 11.1 Å². The molecule has 1 aromatic carbocycles. The highest BCUT2D eigenvalue weighted by Crippen LogP contribution is 2.40. The van der Waals surface area contributed by atoms with E-state index in [0.29, 0.717) is 11.6 Å². The number of nitrogens with zero attached hydrogens (tertiary/aromatic N) is 5. The van der Waals surface area contributed by atoms with E-state index in [2.05, 4.69) is 32.6 Å². The lowest BCUT2D eigenvalue weighted by molar-refractivity contribution is -0.116. The summed E-state index contributed by atoms with van der Waals surface area (Å²) < 4.78 is 3.24. The van der Waals surface area contributed by atoms with E-state index in [1.165, 1.54) is 18.4 Å². The second-order valence-corrected chi connectivity index (χ2v) is 7.06. The van der Waals surface area contributed by atoms with E-state index < -0.39 is 0 Å². The Morgan fingerprint density at radius 2 is 2.11 bits per heavy atom. The van der Waals surface area contributed by atoms with Gasteiger partial charge in [-0.1, -0.05) is 12.1 Å². The predicted molar refractivity (Wildman–Crippen MR) is 106 cm³/mol. The van der Waals surface area contributed by atoms with Crippen LogP contribution in [-0.2, 0) is 11.3 Å². The molecule has 5 rings (SSSR count). The molecule has 0 unspecified atom stereocenters. The van der Waals surface area contributed by atoms with E-state index in [-0.39, 0.29) is 18.4 Å². The number of rotatable bonds is 5. The van der Waals surface area contributed by atoms with Gasteiger partial charge in [-0.15, -0.1) is 5.10 Å². The van der Waals surface area contributed by atoms with E-state index in [1.807, 2.05) is 30.5 Å². The molecule has 1 aliphatic rings. The van der Waals surface area contributed by atoms with Crippen LogP contribution in [0.15, 0.2) is 55.0 Å². The van der Waals surface area contributed by atoms with Gasteiger partial charge in [0.15, 0.2) is 5.65 Å². The summed E-state index contributed by atoms with van der Waals surface area (Å²) in [7, 11) is 0. The molecule has 0 bridgehead atoms. The summed E-state index contributed by atoms with van der Waals surface area (Å²) in [5.41, 5.74) is 10.2. The second-order valence-electron chi connectivity index (χ2n) is 7.06. The SMILES string of the molecule is Nc1nc2cc(-c3cnn(CC(=O)Nc4cccc(C5CC5)c4)c3)ccn2n1. The molecule has 1 aliphatic carbocycles. The van der Waals surface area contributed by atoms with Gasteiger partial charge in [-0.05, 0) is 54.2 Å². The lowest BCUT2D eigenvalue weighted by Gasteiger charge is -2.07. The molecular weight excluding hydrogens is 354 g/mol. The van der Waals surface area contributed by atoms with Gasteiger partial charge in [0.1, 0.15) is 6.54 Å². The number of nitrogen functional groups attached to an aromatic ring is 1. The van der Waals surface area contributed by atoms with Crippen molar-refractivity contribution >= 4 is 23.2 Å². The number of nitrogens with one attached hydrogen (secondary N) is 1. The van der Waals surface area contributed by atoms with Crippen molar-refractivity contribution in [3.8, 4) is 11.1 Å². The summed E-state index contributed by atoms with van der Waals surface area (Å²) in [6.45, 7) is 0.147. The molecular formula is C20H19N7O. The molecule has 0 aliphatic heterocycles. The Hall–Kier alpha value is -3.68. The normalized spacial score (nSPS) is 13.7. The van der Waals surface area contributed by atoms with Crippen LogP contribution in [0.2, 0.25) is 0 Å². The Morgan fingerprint density at radius 3 is 2.96 bits per heavy atom. The third-order valence-electron chi connectivity index (χ3n) is 4.85. The molecule has 0 spiro atoms. The fraction of sp³-hybridized carbons (Fsp3) is 0.200. The van der Waals surface area contributed by atoms with Crippen molar-refractivity contribution in [3.05, 3.63) is 60.6 Å². The molecule has 3 heterocycles. The van der Waals surface area contributed by atoms with Crippen LogP contribution in [0.3, 0.4) is 0 Å². The highest BCUT2D eigenvalue weighted by molar-refractivity contribution is 5.90. The molecule has 0 atom stereocenters. The maximum Gasteiger partial charge on any atom is 0.246 e. The van der Waals surface area contributed by atoms with Gasteiger partial charge in [0.2, 0.25) is 11.9 Å². The average Bonchev–Trinajstić information content (AvgIpc) is 3.31. The van der Waals surface area contributed by atoms with Crippen LogP contribution in [0.1, 0.15) is 24.3 Å². The number of benzene rings is 1. The van der Waals surface area contributed by atoms with Crippen LogP contribution in [0.4, 0.5) is 11.6 Å². The number of aromatic nitrogens is 5. The number of carbonyl (C=O) groups excluding carboxylic acids is 1. The fourth-order valence-corrected chi connectivity index (χ4v) is 3.31. The van der Waals surface area contributed by atoms with Gasteiger partial charge in [-0.25, -0.2) is 4.52 Å². The molecule has 8 heteroatoms. The van der Waals surface area contributed by atoms with E-state index in [4.69, 9.17) is 5.73 Å². The molecule has 8 nitrogen and oxygen atoms in total. The minimum atomic E-state index is -0.108. The molecule has 3 N–H and O–H groups in total. The van der Waals surface area contributed by atoms with Crippen molar-refractivity contribution in [2.24, 2.45) is 0 Å². The van der Waals surface area contributed by atoms with Crippen molar-refractivity contribution in [3.63, 3.8) is 0 Å². The first-order chi connectivity index (χ1) is 13.6. The Morgan fingerprint density at radius 1 is 1.21 bits per heavy atom. The van der Waals surface area contributed by atoms with Gasteiger partial charge >= 0.3 is 0 Å². The maximum atomic E-state index is 12.4. The smallest absolute Gasteiger partial charge is 0.246 e. The van der Waals surface area contributed by atoms with Crippen LogP contribution in [-0.4, -0.2) is 30.3 Å². The van der Waals surface area contributed by atoms with Gasteiger partial charge in [0, 0.05) is 23.6 Å². The van der Waals surface area contributed by atoms with Crippen LogP contribution in [0.25, 0.3) is 16.8 Å². The third kappa shape index (κ3) is 3.32. The van der Waals surface area contributed by atoms with Crippen molar-refractivity contribution < 1.29 is 4.79 Å². The Balaban J connectivity index is 1.28. The fourth-order valence-electron chi connectivity index (χ4n) is 3.31. The summed E-state index contributed by atoms with van der Waals surface area (Å²) in [4.78, 5) is 16.6. The van der Waals surface area contributed by atoms with E-state index in [1.54, 1.807) is 21.6 Å². The molecule has 0 saturated heterocycles. The number of hydrogen-bond acceptors (Lipinski definition) is 5. The summed E-state index contributed by atoms with van der Waals surface area (Å²) in [5.74, 6) is 0.780. The first-order valence-corrected chi connectivity index (χ1v) is 9.18. The van der Waals surface area contributed by atoms with Crippen LogP contribution >= 0.6 is 0 Å². The van der Waals surface area contributed by atoms with E-state index in [0.717, 1.165) is 16.8 Å². The second kappa shape index (κ2) is 6.49. The van der Waals surface area contributed by atoms with Gasteiger partial charge in [0.25, 0.3) is 0 Å². The quantitative estimate of drug-likeness (QED) is 0.560. The van der Waals surface area contributed by atoms with Crippen molar-refractivity contribution in [2.45, 2.75) is 25.3 Å². The minimum absolute atomic E-state index is 0.108. The molecule has 0 radical (unpaired) electrons. The molecule has 1 saturated carbocycles. The lowest BCUT2D eigenvalue weighted by Crippen LogP contribution is -2.19. The summed E-state index contributed by atoms with van der Waals surface area (Å²) in [6.07, 6.45) is 7.84. The summed E-state index contributed by atoms with van der Waals surface area (Å²) in [5, 5.41) is 11.3. The first-order valence-electron chi connectivity index (χ1n) is 9.18. The summed E-state index contributed by atoms with van der Waals surface area (Å²) in [6, 6.07) is 11.9. The van der Waals surface area contributed by atoms with Gasteiger partial charge in [-0.2, -0.15) is 10.1 Å². The molecule has 4 aromatic rings. The number of carbonyl (C=O) groups is 1. The number of anilines is 2. The largest absolute Gasteiger partial charge is 0.366 e. The zero-order valence-electron chi connectivity index (χ0n) is 15.1. The maximum absolute atomic E-state index is 12.4. The Bertz CT molecular complexity index is 1170. The standard InChI is InChI=1S/C20H19N7O/c21-20-24-18-9-15(6-7-27(18)25-20)16-10-22-26(11-16)12-19(28)23-17-3-1-2-14(8-17)13-4-5-13/h1-3,6-11,13H,4-5,12H2,(H2,21,25)(H,23,28). The van der Waals surface area contributed by atoms with Gasteiger partial charge in [-0.3, -0.25) is 9.48 Å². The highest BCUT2D eigenvalue weighted by atomic mass is 16.2. The molecule has 28 heavy (non-hydrogen) atoms. The molecule has 1 amide bonds. The van der Waals surface area contributed by atoms with E-state index >= 15 is 0 Å². The zero-order chi connectivity index (χ0) is 19.1.